The third kappa shape index (κ3) is 3.24. The van der Waals surface area contributed by atoms with Gasteiger partial charge < -0.3 is 11.5 Å². The highest BCUT2D eigenvalue weighted by Crippen LogP contribution is 2.27. The molecule has 0 fully saturated rings. The Balaban J connectivity index is 2.05. The van der Waals surface area contributed by atoms with Crippen LogP contribution in [-0.2, 0) is 0 Å². The van der Waals surface area contributed by atoms with E-state index < -0.39 is 0 Å². The topological polar surface area (TPSA) is 64.4 Å². The number of hydrogen-bond acceptors (Lipinski definition) is 4. The van der Waals surface area contributed by atoms with Gasteiger partial charge in [0, 0.05) is 29.5 Å². The van der Waals surface area contributed by atoms with Crippen LogP contribution in [0.3, 0.4) is 0 Å². The predicted molar refractivity (Wildman–Crippen MR) is 75.1 cm³/mol. The Kier molecular flexibility index (Phi) is 3.84. The Labute approximate surface area is 109 Å². The molecule has 18 heavy (non-hydrogen) atoms. The Morgan fingerprint density at radius 3 is 2.44 bits per heavy atom. The molecule has 2 rings (SSSR count). The van der Waals surface area contributed by atoms with Crippen LogP contribution in [0.2, 0.25) is 0 Å². The van der Waals surface area contributed by atoms with Gasteiger partial charge in [0.1, 0.15) is 5.82 Å². The summed E-state index contributed by atoms with van der Waals surface area (Å²) in [6, 6.07) is 11.4. The molecule has 0 aliphatic heterocycles. The highest BCUT2D eigenvalue weighted by Gasteiger charge is 1.99. The molecule has 0 unspecified atom stereocenters. The van der Waals surface area contributed by atoms with Gasteiger partial charge in [0.25, 0.3) is 0 Å². The molecule has 0 saturated heterocycles. The monoisotopic (exact) mass is 261 g/mol. The largest absolute Gasteiger partial charge is 0.399 e. The Morgan fingerprint density at radius 2 is 1.78 bits per heavy atom. The van der Waals surface area contributed by atoms with Crippen molar-refractivity contribution in [2.24, 2.45) is 4.40 Å². The first kappa shape index (κ1) is 12.4. The molecular formula is C13H12FN3S. The van der Waals surface area contributed by atoms with Crippen LogP contribution in [-0.4, -0.2) is 6.21 Å². The molecule has 0 aliphatic carbocycles. The second kappa shape index (κ2) is 5.55. The fourth-order valence-electron chi connectivity index (χ4n) is 1.34. The van der Waals surface area contributed by atoms with Crippen LogP contribution in [0.1, 0.15) is 5.56 Å². The summed E-state index contributed by atoms with van der Waals surface area (Å²) in [6.07, 6.45) is 1.65. The fourth-order valence-corrected chi connectivity index (χ4v) is 1.92. The van der Waals surface area contributed by atoms with Crippen molar-refractivity contribution in [3.05, 3.63) is 53.8 Å². The van der Waals surface area contributed by atoms with Crippen molar-refractivity contribution in [2.45, 2.75) is 4.90 Å². The Bertz CT molecular complexity index is 567. The molecule has 5 heteroatoms. The summed E-state index contributed by atoms with van der Waals surface area (Å²) >= 11 is 1.25. The summed E-state index contributed by atoms with van der Waals surface area (Å²) in [7, 11) is 0. The molecule has 2 aromatic rings. The maximum absolute atomic E-state index is 12.7. The number of nitrogen functional groups attached to an aromatic ring is 2. The maximum Gasteiger partial charge on any atom is 0.123 e. The van der Waals surface area contributed by atoms with Crippen molar-refractivity contribution in [1.82, 2.24) is 0 Å². The number of anilines is 2. The van der Waals surface area contributed by atoms with E-state index in [-0.39, 0.29) is 5.82 Å². The van der Waals surface area contributed by atoms with Crippen molar-refractivity contribution < 1.29 is 4.39 Å². The van der Waals surface area contributed by atoms with Crippen LogP contribution in [0.4, 0.5) is 15.8 Å². The SMILES string of the molecule is Nc1ccc(S/N=C/c2ccc(F)cc2)c(N)c1. The zero-order valence-electron chi connectivity index (χ0n) is 9.51. The lowest BCUT2D eigenvalue weighted by molar-refractivity contribution is 0.628. The lowest BCUT2D eigenvalue weighted by atomic mass is 10.2. The van der Waals surface area contributed by atoms with Crippen LogP contribution in [0.25, 0.3) is 0 Å². The first-order valence-electron chi connectivity index (χ1n) is 5.26. The minimum absolute atomic E-state index is 0.261. The van der Waals surface area contributed by atoms with Gasteiger partial charge in [-0.3, -0.25) is 0 Å². The number of nitrogens with two attached hydrogens (primary N) is 2. The standard InChI is InChI=1S/C13H12FN3S/c14-10-3-1-9(2-4-10)8-17-18-13-6-5-11(15)7-12(13)16/h1-8H,15-16H2/b17-8+. The molecule has 0 spiro atoms. The van der Waals surface area contributed by atoms with Crippen molar-refractivity contribution in [3.8, 4) is 0 Å². The molecule has 0 radical (unpaired) electrons. The quantitative estimate of drug-likeness (QED) is 0.507. The van der Waals surface area contributed by atoms with Crippen LogP contribution >= 0.6 is 11.9 Å². The van der Waals surface area contributed by atoms with Gasteiger partial charge in [-0.05, 0) is 35.9 Å². The number of halogens is 1. The van der Waals surface area contributed by atoms with Gasteiger partial charge in [-0.25, -0.2) is 8.79 Å². The smallest absolute Gasteiger partial charge is 0.123 e. The minimum atomic E-state index is -0.261. The molecule has 0 bridgehead atoms. The third-order valence-electron chi connectivity index (χ3n) is 2.26. The molecule has 0 amide bonds. The molecule has 4 N–H and O–H groups in total. The number of nitrogens with zero attached hydrogens (tertiary/aromatic N) is 1. The first-order valence-corrected chi connectivity index (χ1v) is 6.03. The van der Waals surface area contributed by atoms with Gasteiger partial charge in [-0.2, -0.15) is 0 Å². The average molecular weight is 261 g/mol. The molecule has 0 aliphatic rings. The van der Waals surface area contributed by atoms with Gasteiger partial charge in [0.2, 0.25) is 0 Å². The Hall–Kier alpha value is -2.01. The molecular weight excluding hydrogens is 249 g/mol. The molecule has 3 nitrogen and oxygen atoms in total. The average Bonchev–Trinajstić information content (AvgIpc) is 2.34. The van der Waals surface area contributed by atoms with E-state index in [4.69, 9.17) is 11.5 Å². The van der Waals surface area contributed by atoms with Crippen molar-refractivity contribution in [3.63, 3.8) is 0 Å². The summed E-state index contributed by atoms with van der Waals surface area (Å²) in [6.45, 7) is 0. The van der Waals surface area contributed by atoms with E-state index in [1.165, 1.54) is 24.1 Å². The van der Waals surface area contributed by atoms with E-state index >= 15 is 0 Å². The molecule has 92 valence electrons. The summed E-state index contributed by atoms with van der Waals surface area (Å²) in [4.78, 5) is 0.836. The van der Waals surface area contributed by atoms with Crippen molar-refractivity contribution >= 4 is 29.5 Å². The maximum atomic E-state index is 12.7. The minimum Gasteiger partial charge on any atom is -0.399 e. The van der Waals surface area contributed by atoms with Crippen LogP contribution in [0.15, 0.2) is 51.8 Å². The van der Waals surface area contributed by atoms with Crippen molar-refractivity contribution in [2.75, 3.05) is 11.5 Å². The van der Waals surface area contributed by atoms with Gasteiger partial charge in [0.15, 0.2) is 0 Å². The molecule has 2 aromatic carbocycles. The fraction of sp³-hybridized carbons (Fsp3) is 0. The molecule has 0 atom stereocenters. The van der Waals surface area contributed by atoms with E-state index in [0.29, 0.717) is 11.4 Å². The normalized spacial score (nSPS) is 10.9. The summed E-state index contributed by atoms with van der Waals surface area (Å²) in [5.74, 6) is -0.261. The third-order valence-corrected chi connectivity index (χ3v) is 3.04. The van der Waals surface area contributed by atoms with Crippen LogP contribution in [0.5, 0.6) is 0 Å². The second-order valence-electron chi connectivity index (χ2n) is 3.67. The lowest BCUT2D eigenvalue weighted by Crippen LogP contribution is -1.91. The van der Waals surface area contributed by atoms with Gasteiger partial charge in [-0.1, -0.05) is 12.1 Å². The highest BCUT2D eigenvalue weighted by atomic mass is 32.2. The van der Waals surface area contributed by atoms with E-state index in [2.05, 4.69) is 4.40 Å². The van der Waals surface area contributed by atoms with E-state index in [9.17, 15) is 4.39 Å². The van der Waals surface area contributed by atoms with E-state index in [1.54, 1.807) is 30.5 Å². The molecule has 0 heterocycles. The van der Waals surface area contributed by atoms with Crippen LogP contribution < -0.4 is 11.5 Å². The molecule has 0 saturated carbocycles. The van der Waals surface area contributed by atoms with E-state index in [0.717, 1.165) is 10.5 Å². The zero-order chi connectivity index (χ0) is 13.0. The number of benzene rings is 2. The van der Waals surface area contributed by atoms with Gasteiger partial charge in [0.05, 0.1) is 4.90 Å². The van der Waals surface area contributed by atoms with Gasteiger partial charge >= 0.3 is 0 Å². The van der Waals surface area contributed by atoms with Gasteiger partial charge in [-0.15, -0.1) is 0 Å². The summed E-state index contributed by atoms with van der Waals surface area (Å²) in [5.41, 5.74) is 13.4. The highest BCUT2D eigenvalue weighted by molar-refractivity contribution is 7.98. The first-order chi connectivity index (χ1) is 8.65. The molecule has 0 aromatic heterocycles. The van der Waals surface area contributed by atoms with Crippen molar-refractivity contribution in [1.29, 1.82) is 0 Å². The Morgan fingerprint density at radius 1 is 1.06 bits per heavy atom. The zero-order valence-corrected chi connectivity index (χ0v) is 10.3. The summed E-state index contributed by atoms with van der Waals surface area (Å²) < 4.78 is 16.9. The second-order valence-corrected chi connectivity index (χ2v) is 4.51. The summed E-state index contributed by atoms with van der Waals surface area (Å²) in [5, 5.41) is 0. The lowest BCUT2D eigenvalue weighted by Gasteiger charge is -2.02. The van der Waals surface area contributed by atoms with Crippen LogP contribution in [0, 0.1) is 5.82 Å². The number of rotatable bonds is 3. The van der Waals surface area contributed by atoms with E-state index in [1.807, 2.05) is 6.07 Å². The number of hydrogen-bond donors (Lipinski definition) is 2. The predicted octanol–water partition coefficient (Wildman–Crippen LogP) is 3.12.